The van der Waals surface area contributed by atoms with E-state index in [1.807, 2.05) is 6.92 Å². The maximum Gasteiger partial charge on any atom is 0.328 e. The quantitative estimate of drug-likeness (QED) is 0.883. The standard InChI is InChI=1S/C13H14ClN5O2/c1-3-15-12-17-11(14)18-13(19-12)21-10-7-5-4-6-9(10)16-8(2)20/h4-7H,3H2,1-2H3,(H,16,20)(H,15,17,18,19). The van der Waals surface area contributed by atoms with Crippen LogP contribution in [0.15, 0.2) is 24.3 Å². The van der Waals surface area contributed by atoms with Crippen molar-refractivity contribution in [1.29, 1.82) is 0 Å². The molecule has 1 heterocycles. The zero-order valence-corrected chi connectivity index (χ0v) is 12.3. The van der Waals surface area contributed by atoms with Crippen LogP contribution in [0.25, 0.3) is 0 Å². The van der Waals surface area contributed by atoms with E-state index >= 15 is 0 Å². The van der Waals surface area contributed by atoms with Gasteiger partial charge in [0.25, 0.3) is 0 Å². The lowest BCUT2D eigenvalue weighted by molar-refractivity contribution is -0.114. The van der Waals surface area contributed by atoms with Gasteiger partial charge in [0.1, 0.15) is 0 Å². The van der Waals surface area contributed by atoms with Gasteiger partial charge in [-0.3, -0.25) is 4.79 Å². The number of aromatic nitrogens is 3. The summed E-state index contributed by atoms with van der Waals surface area (Å²) >= 11 is 5.82. The summed E-state index contributed by atoms with van der Waals surface area (Å²) in [5.41, 5.74) is 0.520. The number of carbonyl (C=O) groups is 1. The van der Waals surface area contributed by atoms with Gasteiger partial charge in [0.15, 0.2) is 5.75 Å². The van der Waals surface area contributed by atoms with E-state index in [4.69, 9.17) is 16.3 Å². The molecular formula is C13H14ClN5O2. The number of rotatable bonds is 5. The molecule has 1 aromatic heterocycles. The Hall–Kier alpha value is -2.41. The monoisotopic (exact) mass is 307 g/mol. The molecule has 2 N–H and O–H groups in total. The molecule has 2 rings (SSSR count). The van der Waals surface area contributed by atoms with Crippen LogP contribution in [0, 0.1) is 0 Å². The number of nitrogens with zero attached hydrogens (tertiary/aromatic N) is 3. The van der Waals surface area contributed by atoms with Gasteiger partial charge < -0.3 is 15.4 Å². The third kappa shape index (κ3) is 4.28. The largest absolute Gasteiger partial charge is 0.422 e. The summed E-state index contributed by atoms with van der Waals surface area (Å²) in [4.78, 5) is 23.1. The van der Waals surface area contributed by atoms with Gasteiger partial charge in [0.05, 0.1) is 5.69 Å². The van der Waals surface area contributed by atoms with Crippen LogP contribution in [-0.4, -0.2) is 27.4 Å². The lowest BCUT2D eigenvalue weighted by Gasteiger charge is -2.10. The molecule has 0 radical (unpaired) electrons. The van der Waals surface area contributed by atoms with Crippen LogP contribution < -0.4 is 15.4 Å². The Bertz CT molecular complexity index is 650. The molecule has 2 aromatic rings. The molecule has 0 atom stereocenters. The number of hydrogen-bond donors (Lipinski definition) is 2. The van der Waals surface area contributed by atoms with E-state index in [0.717, 1.165) is 0 Å². The van der Waals surface area contributed by atoms with Crippen molar-refractivity contribution in [3.05, 3.63) is 29.5 Å². The highest BCUT2D eigenvalue weighted by Crippen LogP contribution is 2.28. The van der Waals surface area contributed by atoms with E-state index in [-0.39, 0.29) is 17.2 Å². The number of nitrogens with one attached hydrogen (secondary N) is 2. The maximum atomic E-state index is 11.2. The number of amides is 1. The molecule has 1 amide bonds. The van der Waals surface area contributed by atoms with Gasteiger partial charge in [-0.25, -0.2) is 0 Å². The number of carbonyl (C=O) groups excluding carboxylic acids is 1. The summed E-state index contributed by atoms with van der Waals surface area (Å²) < 4.78 is 5.58. The van der Waals surface area contributed by atoms with Crippen LogP contribution in [0.3, 0.4) is 0 Å². The number of halogens is 1. The van der Waals surface area contributed by atoms with E-state index in [2.05, 4.69) is 25.6 Å². The Balaban J connectivity index is 2.27. The van der Waals surface area contributed by atoms with Crippen molar-refractivity contribution in [1.82, 2.24) is 15.0 Å². The summed E-state index contributed by atoms with van der Waals surface area (Å²) in [6.07, 6.45) is 0. The average molecular weight is 308 g/mol. The Morgan fingerprint density at radius 2 is 2.05 bits per heavy atom. The highest BCUT2D eigenvalue weighted by atomic mass is 35.5. The first kappa shape index (κ1) is 15.0. The first-order valence-corrected chi connectivity index (χ1v) is 6.66. The van der Waals surface area contributed by atoms with Gasteiger partial charge in [0.2, 0.25) is 17.1 Å². The summed E-state index contributed by atoms with van der Waals surface area (Å²) in [6.45, 7) is 3.96. The Kier molecular flexibility index (Phi) is 4.89. The van der Waals surface area contributed by atoms with E-state index in [9.17, 15) is 4.79 Å². The third-order valence-corrected chi connectivity index (χ3v) is 2.49. The molecule has 0 unspecified atom stereocenters. The number of benzene rings is 1. The smallest absolute Gasteiger partial charge is 0.328 e. The molecule has 0 saturated carbocycles. The van der Waals surface area contributed by atoms with E-state index in [0.29, 0.717) is 23.9 Å². The molecule has 0 saturated heterocycles. The fourth-order valence-electron chi connectivity index (χ4n) is 1.56. The SMILES string of the molecule is CCNc1nc(Cl)nc(Oc2ccccc2NC(C)=O)n1. The second-order valence-electron chi connectivity index (χ2n) is 4.02. The average Bonchev–Trinajstić information content (AvgIpc) is 2.40. The van der Waals surface area contributed by atoms with Crippen molar-refractivity contribution in [2.24, 2.45) is 0 Å². The fraction of sp³-hybridized carbons (Fsp3) is 0.231. The molecule has 21 heavy (non-hydrogen) atoms. The zero-order chi connectivity index (χ0) is 15.2. The van der Waals surface area contributed by atoms with Crippen molar-refractivity contribution in [3.63, 3.8) is 0 Å². The molecule has 8 heteroatoms. The Labute approximate surface area is 126 Å². The summed E-state index contributed by atoms with van der Waals surface area (Å²) in [7, 11) is 0. The van der Waals surface area contributed by atoms with Gasteiger partial charge in [-0.05, 0) is 30.7 Å². The zero-order valence-electron chi connectivity index (χ0n) is 11.6. The lowest BCUT2D eigenvalue weighted by atomic mass is 10.3. The predicted octanol–water partition coefficient (Wildman–Crippen LogP) is 2.71. The lowest BCUT2D eigenvalue weighted by Crippen LogP contribution is -2.08. The Morgan fingerprint density at radius 3 is 2.76 bits per heavy atom. The van der Waals surface area contributed by atoms with Crippen LogP contribution in [0.4, 0.5) is 11.6 Å². The van der Waals surface area contributed by atoms with Gasteiger partial charge in [0, 0.05) is 13.5 Å². The molecular weight excluding hydrogens is 294 g/mol. The number of anilines is 2. The number of hydrogen-bond acceptors (Lipinski definition) is 6. The summed E-state index contributed by atoms with van der Waals surface area (Å²) in [5, 5.41) is 5.61. The van der Waals surface area contributed by atoms with Crippen molar-refractivity contribution >= 4 is 29.1 Å². The van der Waals surface area contributed by atoms with Gasteiger partial charge in [-0.15, -0.1) is 0 Å². The van der Waals surface area contributed by atoms with Crippen LogP contribution in [-0.2, 0) is 4.79 Å². The predicted molar refractivity (Wildman–Crippen MR) is 79.8 cm³/mol. The molecule has 0 aliphatic rings. The van der Waals surface area contributed by atoms with Crippen LogP contribution in [0.5, 0.6) is 11.8 Å². The molecule has 0 spiro atoms. The van der Waals surface area contributed by atoms with E-state index in [1.165, 1.54) is 6.92 Å². The maximum absolute atomic E-state index is 11.2. The van der Waals surface area contributed by atoms with E-state index < -0.39 is 0 Å². The Morgan fingerprint density at radius 1 is 1.29 bits per heavy atom. The van der Waals surface area contributed by atoms with Crippen LogP contribution in [0.1, 0.15) is 13.8 Å². The second kappa shape index (κ2) is 6.85. The first-order chi connectivity index (χ1) is 10.1. The molecule has 0 aliphatic carbocycles. The number of para-hydroxylation sites is 2. The molecule has 0 aliphatic heterocycles. The van der Waals surface area contributed by atoms with E-state index in [1.54, 1.807) is 24.3 Å². The molecule has 0 bridgehead atoms. The van der Waals surface area contributed by atoms with Crippen molar-refractivity contribution in [3.8, 4) is 11.8 Å². The van der Waals surface area contributed by atoms with Gasteiger partial charge in [-0.1, -0.05) is 12.1 Å². The minimum atomic E-state index is -0.201. The molecule has 0 fully saturated rings. The minimum Gasteiger partial charge on any atom is -0.422 e. The summed E-state index contributed by atoms with van der Waals surface area (Å²) in [5.74, 6) is 0.537. The van der Waals surface area contributed by atoms with Gasteiger partial charge >= 0.3 is 6.01 Å². The highest BCUT2D eigenvalue weighted by Gasteiger charge is 2.10. The second-order valence-corrected chi connectivity index (χ2v) is 4.36. The minimum absolute atomic E-state index is 0.0213. The van der Waals surface area contributed by atoms with Crippen LogP contribution >= 0.6 is 11.6 Å². The highest BCUT2D eigenvalue weighted by molar-refractivity contribution is 6.28. The van der Waals surface area contributed by atoms with Gasteiger partial charge in [-0.2, -0.15) is 15.0 Å². The van der Waals surface area contributed by atoms with Crippen molar-refractivity contribution in [2.45, 2.75) is 13.8 Å². The molecule has 110 valence electrons. The van der Waals surface area contributed by atoms with Crippen molar-refractivity contribution < 1.29 is 9.53 Å². The van der Waals surface area contributed by atoms with Crippen LogP contribution in [0.2, 0.25) is 5.28 Å². The van der Waals surface area contributed by atoms with Crippen molar-refractivity contribution in [2.75, 3.05) is 17.2 Å². The fourth-order valence-corrected chi connectivity index (χ4v) is 1.71. The number of ether oxygens (including phenoxy) is 1. The normalized spacial score (nSPS) is 10.0. The molecule has 1 aromatic carbocycles. The first-order valence-electron chi connectivity index (χ1n) is 6.28. The molecule has 7 nitrogen and oxygen atoms in total. The topological polar surface area (TPSA) is 89.0 Å². The summed E-state index contributed by atoms with van der Waals surface area (Å²) in [6, 6.07) is 7.00. The third-order valence-electron chi connectivity index (χ3n) is 2.32.